The van der Waals surface area contributed by atoms with E-state index in [9.17, 15) is 9.90 Å². The number of nitrogens with two attached hydrogens (primary N) is 1. The minimum atomic E-state index is -1.21. The van der Waals surface area contributed by atoms with E-state index in [1.54, 1.807) is 24.9 Å². The SMILES string of the molecule is CCNC(=O)NC1=CN1c1c(N)cc(-c2cnc(C(C)(C)O)nc2)c(F)c1[C@H]1CCCO1. The number of aliphatic hydroxyl groups is 1. The first-order chi connectivity index (χ1) is 15.2. The van der Waals surface area contributed by atoms with E-state index < -0.39 is 17.5 Å². The number of rotatable bonds is 6. The lowest BCUT2D eigenvalue weighted by Crippen LogP contribution is -2.34. The third-order valence-corrected chi connectivity index (χ3v) is 5.33. The Bertz CT molecular complexity index is 1060. The quantitative estimate of drug-likeness (QED) is 0.507. The molecule has 32 heavy (non-hydrogen) atoms. The van der Waals surface area contributed by atoms with Gasteiger partial charge >= 0.3 is 6.03 Å². The molecule has 1 saturated heterocycles. The highest BCUT2D eigenvalue weighted by Crippen LogP contribution is 2.47. The molecule has 4 rings (SSSR count). The summed E-state index contributed by atoms with van der Waals surface area (Å²) in [5, 5.41) is 15.4. The lowest BCUT2D eigenvalue weighted by Gasteiger charge is -2.22. The predicted molar refractivity (Wildman–Crippen MR) is 118 cm³/mol. The van der Waals surface area contributed by atoms with Gasteiger partial charge < -0.3 is 20.9 Å². The summed E-state index contributed by atoms with van der Waals surface area (Å²) in [6.07, 6.45) is 5.63. The summed E-state index contributed by atoms with van der Waals surface area (Å²) in [7, 11) is 0. The minimum Gasteiger partial charge on any atom is -0.397 e. The largest absolute Gasteiger partial charge is 0.397 e. The van der Waals surface area contributed by atoms with Crippen molar-refractivity contribution >= 4 is 17.4 Å². The van der Waals surface area contributed by atoms with Crippen molar-refractivity contribution < 1.29 is 19.0 Å². The second kappa shape index (κ2) is 8.36. The molecule has 2 amide bonds. The van der Waals surface area contributed by atoms with Crippen LogP contribution in [0.25, 0.3) is 11.1 Å². The molecule has 9 nitrogen and oxygen atoms in total. The van der Waals surface area contributed by atoms with E-state index in [4.69, 9.17) is 10.5 Å². The number of nitrogens with one attached hydrogen (secondary N) is 2. The number of hydrogen-bond donors (Lipinski definition) is 4. The Morgan fingerprint density at radius 3 is 2.72 bits per heavy atom. The normalized spacial score (nSPS) is 17.8. The molecular formula is C22H27FN6O3. The summed E-state index contributed by atoms with van der Waals surface area (Å²) in [4.78, 5) is 21.9. The third-order valence-electron chi connectivity index (χ3n) is 5.33. The van der Waals surface area contributed by atoms with Crippen LogP contribution in [0.15, 0.2) is 30.5 Å². The Labute approximate surface area is 185 Å². The smallest absolute Gasteiger partial charge is 0.320 e. The van der Waals surface area contributed by atoms with Crippen LogP contribution in [0, 0.1) is 5.82 Å². The van der Waals surface area contributed by atoms with Crippen molar-refractivity contribution in [1.29, 1.82) is 0 Å². The Kier molecular flexibility index (Phi) is 5.74. The fourth-order valence-corrected chi connectivity index (χ4v) is 3.74. The Hall–Kier alpha value is -3.24. The second-order valence-electron chi connectivity index (χ2n) is 8.31. The lowest BCUT2D eigenvalue weighted by atomic mass is 9.96. The molecule has 0 bridgehead atoms. The fraction of sp³-hybridized carbons (Fsp3) is 0.409. The van der Waals surface area contributed by atoms with Crippen LogP contribution in [0.1, 0.15) is 51.1 Å². The van der Waals surface area contributed by atoms with Gasteiger partial charge in [-0.15, -0.1) is 0 Å². The maximum atomic E-state index is 15.9. The van der Waals surface area contributed by atoms with Crippen LogP contribution in [-0.4, -0.2) is 34.3 Å². The van der Waals surface area contributed by atoms with Gasteiger partial charge in [0, 0.05) is 42.2 Å². The van der Waals surface area contributed by atoms with Crippen LogP contribution >= 0.6 is 0 Å². The average Bonchev–Trinajstić information content (AvgIpc) is 3.26. The van der Waals surface area contributed by atoms with Crippen LogP contribution in [0.4, 0.5) is 20.6 Å². The van der Waals surface area contributed by atoms with E-state index in [2.05, 4.69) is 20.6 Å². The molecule has 1 aromatic carbocycles. The number of carbonyl (C=O) groups excluding carboxylic acids is 1. The summed E-state index contributed by atoms with van der Waals surface area (Å²) >= 11 is 0. The number of halogens is 1. The van der Waals surface area contributed by atoms with E-state index in [-0.39, 0.29) is 17.4 Å². The number of aromatic nitrogens is 2. The van der Waals surface area contributed by atoms with Crippen LogP contribution in [0.2, 0.25) is 0 Å². The molecule has 1 atom stereocenters. The maximum Gasteiger partial charge on any atom is 0.320 e. The van der Waals surface area contributed by atoms with E-state index in [1.807, 2.05) is 6.92 Å². The predicted octanol–water partition coefficient (Wildman–Crippen LogP) is 2.88. The number of nitrogens with zero attached hydrogens (tertiary/aromatic N) is 3. The highest BCUT2D eigenvalue weighted by molar-refractivity contribution is 5.87. The van der Waals surface area contributed by atoms with Crippen molar-refractivity contribution in [3.05, 3.63) is 47.7 Å². The van der Waals surface area contributed by atoms with E-state index in [0.717, 1.165) is 6.42 Å². The molecule has 0 radical (unpaired) electrons. The minimum absolute atomic E-state index is 0.236. The van der Waals surface area contributed by atoms with Gasteiger partial charge in [-0.2, -0.15) is 0 Å². The van der Waals surface area contributed by atoms with Crippen LogP contribution in [0.5, 0.6) is 0 Å². The highest BCUT2D eigenvalue weighted by Gasteiger charge is 2.35. The monoisotopic (exact) mass is 442 g/mol. The maximum absolute atomic E-state index is 15.9. The molecular weight excluding hydrogens is 415 g/mol. The summed E-state index contributed by atoms with van der Waals surface area (Å²) in [5.41, 5.74) is 6.99. The molecule has 0 saturated carbocycles. The molecule has 170 valence electrons. The van der Waals surface area contributed by atoms with E-state index >= 15 is 4.39 Å². The number of anilines is 2. The van der Waals surface area contributed by atoms with Gasteiger partial charge in [-0.3, -0.25) is 10.2 Å². The van der Waals surface area contributed by atoms with Crippen LogP contribution in [-0.2, 0) is 10.3 Å². The Morgan fingerprint density at radius 2 is 2.12 bits per heavy atom. The molecule has 10 heteroatoms. The number of ether oxygens (including phenoxy) is 1. The molecule has 0 aliphatic carbocycles. The van der Waals surface area contributed by atoms with E-state index in [0.29, 0.717) is 47.9 Å². The van der Waals surface area contributed by atoms with Crippen molar-refractivity contribution in [1.82, 2.24) is 20.6 Å². The number of amides is 2. The van der Waals surface area contributed by atoms with Gasteiger partial charge in [0.1, 0.15) is 17.2 Å². The average molecular weight is 442 g/mol. The fourth-order valence-electron chi connectivity index (χ4n) is 3.74. The van der Waals surface area contributed by atoms with Gasteiger partial charge in [-0.25, -0.2) is 19.2 Å². The zero-order chi connectivity index (χ0) is 23.0. The zero-order valence-electron chi connectivity index (χ0n) is 18.3. The summed E-state index contributed by atoms with van der Waals surface area (Å²) < 4.78 is 21.7. The number of nitrogen functional groups attached to an aromatic ring is 1. The summed E-state index contributed by atoms with van der Waals surface area (Å²) in [6.45, 7) is 6.00. The molecule has 1 fully saturated rings. The van der Waals surface area contributed by atoms with Gasteiger partial charge in [0.05, 0.1) is 23.7 Å². The first-order valence-corrected chi connectivity index (χ1v) is 10.5. The molecule has 0 spiro atoms. The van der Waals surface area contributed by atoms with E-state index in [1.165, 1.54) is 18.5 Å². The van der Waals surface area contributed by atoms with Gasteiger partial charge in [-0.05, 0) is 39.7 Å². The lowest BCUT2D eigenvalue weighted by molar-refractivity contribution is 0.0687. The second-order valence-corrected chi connectivity index (χ2v) is 8.31. The van der Waals surface area contributed by atoms with Gasteiger partial charge in [-0.1, -0.05) is 0 Å². The van der Waals surface area contributed by atoms with Crippen LogP contribution < -0.4 is 21.3 Å². The first-order valence-electron chi connectivity index (χ1n) is 10.5. The number of benzene rings is 1. The Morgan fingerprint density at radius 1 is 1.41 bits per heavy atom. The summed E-state index contributed by atoms with van der Waals surface area (Å²) in [5.74, 6) is 0.283. The van der Waals surface area contributed by atoms with Crippen molar-refractivity contribution in [3.63, 3.8) is 0 Å². The Balaban J connectivity index is 1.72. The molecule has 2 aliphatic heterocycles. The van der Waals surface area contributed by atoms with Gasteiger partial charge in [0.15, 0.2) is 5.82 Å². The third kappa shape index (κ3) is 4.23. The molecule has 2 aliphatic rings. The molecule has 2 aromatic rings. The van der Waals surface area contributed by atoms with Crippen molar-refractivity contribution in [2.75, 3.05) is 23.8 Å². The number of hydrogen-bond acceptors (Lipinski definition) is 7. The molecule has 5 N–H and O–H groups in total. The standard InChI is InChI=1S/C22H27FN6O3/c1-4-25-21(30)28-16-11-29(16)19-14(24)8-13(18(23)17(19)15-6-5-7-32-15)12-9-26-20(27-10-12)22(2,3)31/h8-11,15,31H,4-7,24H2,1-3H3,(H2,25,28,30)/t15-,29?/m1/s1. The van der Waals surface area contributed by atoms with Crippen LogP contribution in [0.3, 0.4) is 0 Å². The molecule has 1 aromatic heterocycles. The number of carbonyl (C=O) groups is 1. The molecule has 3 heterocycles. The van der Waals surface area contributed by atoms with Crippen molar-refractivity contribution in [2.24, 2.45) is 0 Å². The van der Waals surface area contributed by atoms with Crippen molar-refractivity contribution in [2.45, 2.75) is 45.3 Å². The first kappa shape index (κ1) is 22.0. The number of urea groups is 1. The molecule has 0 unspecified atom stereocenters. The summed E-state index contributed by atoms with van der Waals surface area (Å²) in [6, 6.07) is 1.18. The topological polar surface area (TPSA) is 125 Å². The van der Waals surface area contributed by atoms with Crippen molar-refractivity contribution in [3.8, 4) is 11.1 Å². The van der Waals surface area contributed by atoms with Gasteiger partial charge in [0.2, 0.25) is 0 Å². The van der Waals surface area contributed by atoms with Gasteiger partial charge in [0.25, 0.3) is 0 Å². The zero-order valence-corrected chi connectivity index (χ0v) is 18.3. The highest BCUT2D eigenvalue weighted by atomic mass is 19.1.